The summed E-state index contributed by atoms with van der Waals surface area (Å²) in [6.07, 6.45) is 0. The van der Waals surface area contributed by atoms with Gasteiger partial charge < -0.3 is 21.7 Å². The van der Waals surface area contributed by atoms with Gasteiger partial charge in [0.2, 0.25) is 0 Å². The summed E-state index contributed by atoms with van der Waals surface area (Å²) in [6.45, 7) is 0. The lowest BCUT2D eigenvalue weighted by atomic mass is 10.0. The van der Waals surface area contributed by atoms with E-state index in [4.69, 9.17) is 11.5 Å². The van der Waals surface area contributed by atoms with Crippen molar-refractivity contribution in [3.05, 3.63) is 36.4 Å². The van der Waals surface area contributed by atoms with E-state index in [1.165, 1.54) is 6.07 Å². The number of hydrogen-bond donors (Lipinski definition) is 4. The van der Waals surface area contributed by atoms with Gasteiger partial charge >= 0.3 is 0 Å². The van der Waals surface area contributed by atoms with Crippen molar-refractivity contribution in [1.82, 2.24) is 0 Å². The first-order chi connectivity index (χ1) is 7.59. The van der Waals surface area contributed by atoms with E-state index in [1.54, 1.807) is 24.3 Å². The highest BCUT2D eigenvalue weighted by molar-refractivity contribution is 5.80. The molecule has 0 radical (unpaired) electrons. The number of nitrogen functional groups attached to an aromatic ring is 2. The molecular formula is C12H12N2O2. The number of benzene rings is 2. The lowest BCUT2D eigenvalue weighted by molar-refractivity contribution is 0.456. The van der Waals surface area contributed by atoms with Crippen LogP contribution in [0.1, 0.15) is 0 Å². The fourth-order valence-electron chi connectivity index (χ4n) is 1.54. The van der Waals surface area contributed by atoms with E-state index in [0.29, 0.717) is 11.3 Å². The maximum atomic E-state index is 9.80. The number of phenolic OH excluding ortho intramolecular Hbond substituents is 2. The molecule has 0 saturated carbocycles. The van der Waals surface area contributed by atoms with Gasteiger partial charge in [-0.15, -0.1) is 0 Å². The number of phenols is 2. The van der Waals surface area contributed by atoms with E-state index in [1.807, 2.05) is 6.07 Å². The van der Waals surface area contributed by atoms with Crippen molar-refractivity contribution in [3.63, 3.8) is 0 Å². The van der Waals surface area contributed by atoms with E-state index >= 15 is 0 Å². The summed E-state index contributed by atoms with van der Waals surface area (Å²) in [7, 11) is 0. The number of nitrogens with two attached hydrogens (primary N) is 2. The normalized spacial score (nSPS) is 10.2. The van der Waals surface area contributed by atoms with Gasteiger partial charge in [-0.3, -0.25) is 0 Å². The average Bonchev–Trinajstić information content (AvgIpc) is 2.26. The Morgan fingerprint density at radius 2 is 1.69 bits per heavy atom. The van der Waals surface area contributed by atoms with Crippen LogP contribution in [0.15, 0.2) is 36.4 Å². The Balaban J connectivity index is 2.61. The summed E-state index contributed by atoms with van der Waals surface area (Å²) in [5, 5.41) is 19.1. The number of aromatic hydroxyl groups is 2. The van der Waals surface area contributed by atoms with Gasteiger partial charge in [-0.25, -0.2) is 0 Å². The Morgan fingerprint density at radius 3 is 2.38 bits per heavy atom. The minimum atomic E-state index is -0.134. The molecule has 0 spiro atoms. The molecule has 0 amide bonds. The zero-order valence-electron chi connectivity index (χ0n) is 8.51. The average molecular weight is 216 g/mol. The highest BCUT2D eigenvalue weighted by atomic mass is 16.3. The van der Waals surface area contributed by atoms with Crippen molar-refractivity contribution in [2.24, 2.45) is 0 Å². The maximum absolute atomic E-state index is 9.80. The second kappa shape index (κ2) is 3.66. The summed E-state index contributed by atoms with van der Waals surface area (Å²) < 4.78 is 0. The van der Waals surface area contributed by atoms with Crippen LogP contribution in [0.3, 0.4) is 0 Å². The van der Waals surface area contributed by atoms with Crippen LogP contribution in [0, 0.1) is 0 Å². The van der Waals surface area contributed by atoms with Crippen molar-refractivity contribution >= 4 is 11.4 Å². The zero-order chi connectivity index (χ0) is 11.7. The van der Waals surface area contributed by atoms with E-state index in [2.05, 4.69) is 0 Å². The Morgan fingerprint density at radius 1 is 0.938 bits per heavy atom. The van der Waals surface area contributed by atoms with Crippen molar-refractivity contribution < 1.29 is 10.2 Å². The van der Waals surface area contributed by atoms with Gasteiger partial charge in [0, 0.05) is 11.3 Å². The van der Waals surface area contributed by atoms with Gasteiger partial charge in [-0.05, 0) is 29.8 Å². The monoisotopic (exact) mass is 216 g/mol. The molecule has 0 heterocycles. The largest absolute Gasteiger partial charge is 0.506 e. The third-order valence-corrected chi connectivity index (χ3v) is 2.39. The van der Waals surface area contributed by atoms with Gasteiger partial charge in [0.25, 0.3) is 0 Å². The molecule has 0 aliphatic carbocycles. The van der Waals surface area contributed by atoms with Crippen LogP contribution in [-0.2, 0) is 0 Å². The van der Waals surface area contributed by atoms with Crippen LogP contribution >= 0.6 is 0 Å². The molecule has 0 bridgehead atoms. The molecule has 82 valence electrons. The molecule has 0 aliphatic rings. The number of hydrogen-bond acceptors (Lipinski definition) is 4. The third kappa shape index (κ3) is 1.61. The molecule has 0 atom stereocenters. The van der Waals surface area contributed by atoms with Crippen LogP contribution in [0.25, 0.3) is 11.1 Å². The Kier molecular flexibility index (Phi) is 2.32. The van der Waals surface area contributed by atoms with Crippen LogP contribution in [0.4, 0.5) is 11.4 Å². The van der Waals surface area contributed by atoms with Crippen molar-refractivity contribution in [1.29, 1.82) is 0 Å². The molecule has 6 N–H and O–H groups in total. The Labute approximate surface area is 92.8 Å². The summed E-state index contributed by atoms with van der Waals surface area (Å²) >= 11 is 0. The van der Waals surface area contributed by atoms with E-state index < -0.39 is 0 Å². The zero-order valence-corrected chi connectivity index (χ0v) is 8.51. The molecule has 16 heavy (non-hydrogen) atoms. The standard InChI is InChI=1S/C12H12N2O2/c13-8-3-1-2-7(6-8)9-4-5-10(15)11(14)12(9)16/h1-6,15-16H,13-14H2. The summed E-state index contributed by atoms with van der Waals surface area (Å²) in [4.78, 5) is 0. The molecule has 0 aromatic heterocycles. The maximum Gasteiger partial charge on any atom is 0.150 e. The topological polar surface area (TPSA) is 92.5 Å². The van der Waals surface area contributed by atoms with Crippen LogP contribution in [0.2, 0.25) is 0 Å². The molecule has 2 rings (SSSR count). The molecule has 2 aromatic rings. The molecule has 4 heteroatoms. The van der Waals surface area contributed by atoms with Gasteiger partial charge in [0.1, 0.15) is 17.2 Å². The molecule has 0 unspecified atom stereocenters. The molecule has 2 aromatic carbocycles. The Hall–Kier alpha value is -2.36. The Bertz CT molecular complexity index is 539. The third-order valence-electron chi connectivity index (χ3n) is 2.39. The molecule has 0 fully saturated rings. The second-order valence-electron chi connectivity index (χ2n) is 3.52. The van der Waals surface area contributed by atoms with E-state index in [-0.39, 0.29) is 17.2 Å². The fourth-order valence-corrected chi connectivity index (χ4v) is 1.54. The van der Waals surface area contributed by atoms with E-state index in [0.717, 1.165) is 5.56 Å². The molecule has 4 nitrogen and oxygen atoms in total. The second-order valence-corrected chi connectivity index (χ2v) is 3.52. The van der Waals surface area contributed by atoms with Crippen molar-refractivity contribution in [3.8, 4) is 22.6 Å². The molecule has 0 aliphatic heterocycles. The first-order valence-corrected chi connectivity index (χ1v) is 4.76. The summed E-state index contributed by atoms with van der Waals surface area (Å²) in [5.41, 5.74) is 13.0. The highest BCUT2D eigenvalue weighted by Gasteiger charge is 2.10. The molecular weight excluding hydrogens is 204 g/mol. The number of anilines is 2. The van der Waals surface area contributed by atoms with Gasteiger partial charge in [0.05, 0.1) is 0 Å². The number of rotatable bonds is 1. The van der Waals surface area contributed by atoms with Crippen molar-refractivity contribution in [2.45, 2.75) is 0 Å². The fraction of sp³-hybridized carbons (Fsp3) is 0. The first kappa shape index (κ1) is 10.2. The van der Waals surface area contributed by atoms with E-state index in [9.17, 15) is 10.2 Å². The SMILES string of the molecule is Nc1cccc(-c2ccc(O)c(N)c2O)c1. The lowest BCUT2D eigenvalue weighted by Crippen LogP contribution is -1.90. The highest BCUT2D eigenvalue weighted by Crippen LogP contribution is 2.39. The smallest absolute Gasteiger partial charge is 0.150 e. The summed E-state index contributed by atoms with van der Waals surface area (Å²) in [6, 6.07) is 10.1. The van der Waals surface area contributed by atoms with Crippen LogP contribution < -0.4 is 11.5 Å². The predicted octanol–water partition coefficient (Wildman–Crippen LogP) is 1.93. The summed E-state index contributed by atoms with van der Waals surface area (Å²) in [5.74, 6) is -0.268. The van der Waals surface area contributed by atoms with Gasteiger partial charge in [-0.2, -0.15) is 0 Å². The lowest BCUT2D eigenvalue weighted by Gasteiger charge is -2.09. The van der Waals surface area contributed by atoms with Crippen LogP contribution in [0.5, 0.6) is 11.5 Å². The van der Waals surface area contributed by atoms with Crippen molar-refractivity contribution in [2.75, 3.05) is 11.5 Å². The quantitative estimate of drug-likeness (QED) is 0.433. The minimum absolute atomic E-state index is 0.0278. The predicted molar refractivity (Wildman–Crippen MR) is 64.0 cm³/mol. The van der Waals surface area contributed by atoms with Crippen LogP contribution in [-0.4, -0.2) is 10.2 Å². The first-order valence-electron chi connectivity index (χ1n) is 4.76. The molecule has 0 saturated heterocycles. The van der Waals surface area contributed by atoms with Gasteiger partial charge in [0.15, 0.2) is 0 Å². The van der Waals surface area contributed by atoms with Gasteiger partial charge in [-0.1, -0.05) is 12.1 Å². The minimum Gasteiger partial charge on any atom is -0.506 e.